The number of amides is 1. The molecule has 1 fully saturated rings. The fourth-order valence-corrected chi connectivity index (χ4v) is 3.44. The standard InChI is InChI=1S/C20H29N3O2/c1-13(2)16-11-21-18-12-22-17(10-15(16)18)14-6-8-23(9-7-14)19(24)25-20(3,4)5/h10-14,21H,6-9H2,1-5H3. The van der Waals surface area contributed by atoms with Gasteiger partial charge in [0.1, 0.15) is 5.60 Å². The van der Waals surface area contributed by atoms with Gasteiger partial charge in [-0.2, -0.15) is 0 Å². The Morgan fingerprint density at radius 3 is 2.60 bits per heavy atom. The number of carbonyl (C=O) groups excluding carboxylic acids is 1. The predicted octanol–water partition coefficient (Wildman–Crippen LogP) is 4.80. The number of nitrogens with one attached hydrogen (secondary N) is 1. The average Bonchev–Trinajstić information content (AvgIpc) is 2.96. The van der Waals surface area contributed by atoms with Gasteiger partial charge >= 0.3 is 6.09 Å². The van der Waals surface area contributed by atoms with Crippen molar-refractivity contribution in [3.05, 3.63) is 29.7 Å². The summed E-state index contributed by atoms with van der Waals surface area (Å²) in [5, 5.41) is 1.27. The van der Waals surface area contributed by atoms with E-state index >= 15 is 0 Å². The molecule has 2 aromatic rings. The first-order chi connectivity index (χ1) is 11.7. The molecule has 0 unspecified atom stereocenters. The van der Waals surface area contributed by atoms with E-state index in [0.29, 0.717) is 11.8 Å². The number of pyridine rings is 1. The van der Waals surface area contributed by atoms with E-state index < -0.39 is 5.60 Å². The summed E-state index contributed by atoms with van der Waals surface area (Å²) in [4.78, 5) is 22.0. The summed E-state index contributed by atoms with van der Waals surface area (Å²) in [6.07, 6.45) is 5.68. The maximum Gasteiger partial charge on any atom is 0.410 e. The minimum atomic E-state index is -0.442. The first-order valence-corrected chi connectivity index (χ1v) is 9.19. The normalized spacial score (nSPS) is 16.6. The van der Waals surface area contributed by atoms with Crippen LogP contribution in [0.3, 0.4) is 0 Å². The number of H-pyrrole nitrogens is 1. The summed E-state index contributed by atoms with van der Waals surface area (Å²) in [5.41, 5.74) is 3.13. The van der Waals surface area contributed by atoms with Gasteiger partial charge in [0.05, 0.1) is 11.7 Å². The van der Waals surface area contributed by atoms with Gasteiger partial charge in [0, 0.05) is 36.3 Å². The third-order valence-electron chi connectivity index (χ3n) is 4.81. The molecule has 3 heterocycles. The molecule has 0 bridgehead atoms. The molecule has 1 amide bonds. The molecule has 0 aliphatic carbocycles. The first kappa shape index (κ1) is 17.8. The highest BCUT2D eigenvalue weighted by Gasteiger charge is 2.28. The largest absolute Gasteiger partial charge is 0.444 e. The summed E-state index contributed by atoms with van der Waals surface area (Å²) >= 11 is 0. The average molecular weight is 343 g/mol. The van der Waals surface area contributed by atoms with Crippen molar-refractivity contribution in [3.63, 3.8) is 0 Å². The molecule has 3 rings (SSSR count). The molecule has 0 spiro atoms. The Hall–Kier alpha value is -2.04. The molecular formula is C20H29N3O2. The quantitative estimate of drug-likeness (QED) is 0.852. The van der Waals surface area contributed by atoms with Gasteiger partial charge in [-0.1, -0.05) is 13.8 Å². The zero-order valence-corrected chi connectivity index (χ0v) is 15.9. The number of aromatic nitrogens is 2. The van der Waals surface area contributed by atoms with Crippen LogP contribution < -0.4 is 0 Å². The minimum Gasteiger partial charge on any atom is -0.444 e. The van der Waals surface area contributed by atoms with E-state index in [4.69, 9.17) is 4.74 Å². The zero-order chi connectivity index (χ0) is 18.2. The summed E-state index contributed by atoms with van der Waals surface area (Å²) in [5.74, 6) is 0.885. The van der Waals surface area contributed by atoms with Crippen molar-refractivity contribution in [3.8, 4) is 0 Å². The van der Waals surface area contributed by atoms with Gasteiger partial charge in [0.15, 0.2) is 0 Å². The molecular weight excluding hydrogens is 314 g/mol. The van der Waals surface area contributed by atoms with Crippen molar-refractivity contribution >= 4 is 17.0 Å². The number of piperidine rings is 1. The van der Waals surface area contributed by atoms with Crippen LogP contribution in [0, 0.1) is 0 Å². The Kier molecular flexibility index (Phi) is 4.76. The molecule has 1 N–H and O–H groups in total. The highest BCUT2D eigenvalue weighted by molar-refractivity contribution is 5.83. The lowest BCUT2D eigenvalue weighted by Gasteiger charge is -2.33. The zero-order valence-electron chi connectivity index (χ0n) is 15.9. The molecule has 2 aromatic heterocycles. The Morgan fingerprint density at radius 1 is 1.32 bits per heavy atom. The van der Waals surface area contributed by atoms with Crippen molar-refractivity contribution < 1.29 is 9.53 Å². The highest BCUT2D eigenvalue weighted by Crippen LogP contribution is 2.31. The van der Waals surface area contributed by atoms with Crippen LogP contribution in [-0.4, -0.2) is 39.7 Å². The Bertz CT molecular complexity index is 750. The van der Waals surface area contributed by atoms with Crippen LogP contribution in [0.25, 0.3) is 10.9 Å². The third-order valence-corrected chi connectivity index (χ3v) is 4.81. The fourth-order valence-electron chi connectivity index (χ4n) is 3.44. The molecule has 1 aliphatic rings. The lowest BCUT2D eigenvalue weighted by atomic mass is 9.92. The van der Waals surface area contributed by atoms with Gasteiger partial charge in [-0.25, -0.2) is 4.79 Å². The van der Waals surface area contributed by atoms with E-state index in [2.05, 4.69) is 36.1 Å². The van der Waals surface area contributed by atoms with Crippen LogP contribution in [0.2, 0.25) is 0 Å². The van der Waals surface area contributed by atoms with Gasteiger partial charge in [-0.05, 0) is 51.2 Å². The predicted molar refractivity (Wildman–Crippen MR) is 100.0 cm³/mol. The molecule has 0 saturated carbocycles. The third kappa shape index (κ3) is 3.97. The van der Waals surface area contributed by atoms with Crippen LogP contribution in [0.5, 0.6) is 0 Å². The monoisotopic (exact) mass is 343 g/mol. The second-order valence-electron chi connectivity index (χ2n) is 8.30. The number of hydrogen-bond acceptors (Lipinski definition) is 3. The van der Waals surface area contributed by atoms with Crippen LogP contribution >= 0.6 is 0 Å². The van der Waals surface area contributed by atoms with E-state index in [1.165, 1.54) is 10.9 Å². The number of aromatic amines is 1. The van der Waals surface area contributed by atoms with Crippen molar-refractivity contribution in [2.45, 2.75) is 64.9 Å². The lowest BCUT2D eigenvalue weighted by molar-refractivity contribution is 0.0204. The second-order valence-corrected chi connectivity index (χ2v) is 8.30. The fraction of sp³-hybridized carbons (Fsp3) is 0.600. The molecule has 0 atom stereocenters. The Labute approximate surface area is 149 Å². The number of rotatable bonds is 2. The van der Waals surface area contributed by atoms with Crippen molar-refractivity contribution in [1.82, 2.24) is 14.9 Å². The van der Waals surface area contributed by atoms with Crippen LogP contribution in [0.4, 0.5) is 4.79 Å². The Morgan fingerprint density at radius 2 is 2.00 bits per heavy atom. The SMILES string of the molecule is CC(C)c1c[nH]c2cnc(C3CCN(C(=O)OC(C)(C)C)CC3)cc12. The van der Waals surface area contributed by atoms with E-state index in [1.807, 2.05) is 31.9 Å². The maximum absolute atomic E-state index is 12.2. The number of hydrogen-bond donors (Lipinski definition) is 1. The topological polar surface area (TPSA) is 58.2 Å². The van der Waals surface area contributed by atoms with E-state index in [1.54, 1.807) is 0 Å². The molecule has 1 aliphatic heterocycles. The number of nitrogens with zero attached hydrogens (tertiary/aromatic N) is 2. The molecule has 5 nitrogen and oxygen atoms in total. The van der Waals surface area contributed by atoms with Crippen LogP contribution in [0.1, 0.15) is 70.6 Å². The summed E-state index contributed by atoms with van der Waals surface area (Å²) in [6.45, 7) is 11.6. The van der Waals surface area contributed by atoms with Gasteiger partial charge in [-0.3, -0.25) is 4.98 Å². The van der Waals surface area contributed by atoms with E-state index in [-0.39, 0.29) is 6.09 Å². The highest BCUT2D eigenvalue weighted by atomic mass is 16.6. The van der Waals surface area contributed by atoms with E-state index in [9.17, 15) is 4.79 Å². The van der Waals surface area contributed by atoms with Gasteiger partial charge in [0.2, 0.25) is 0 Å². The number of likely N-dealkylation sites (tertiary alicyclic amines) is 1. The molecule has 136 valence electrons. The number of fused-ring (bicyclic) bond motifs is 1. The van der Waals surface area contributed by atoms with Gasteiger partial charge in [0.25, 0.3) is 0 Å². The molecule has 0 aromatic carbocycles. The van der Waals surface area contributed by atoms with Gasteiger partial charge in [-0.15, -0.1) is 0 Å². The van der Waals surface area contributed by atoms with Crippen molar-refractivity contribution in [1.29, 1.82) is 0 Å². The molecule has 1 saturated heterocycles. The second kappa shape index (κ2) is 6.70. The molecule has 0 radical (unpaired) electrons. The molecule has 5 heteroatoms. The first-order valence-electron chi connectivity index (χ1n) is 9.19. The molecule has 25 heavy (non-hydrogen) atoms. The van der Waals surface area contributed by atoms with Crippen LogP contribution in [-0.2, 0) is 4.74 Å². The number of carbonyl (C=O) groups is 1. The smallest absolute Gasteiger partial charge is 0.410 e. The maximum atomic E-state index is 12.2. The van der Waals surface area contributed by atoms with E-state index in [0.717, 1.165) is 37.1 Å². The summed E-state index contributed by atoms with van der Waals surface area (Å²) in [6, 6.07) is 2.23. The van der Waals surface area contributed by atoms with Crippen LogP contribution in [0.15, 0.2) is 18.5 Å². The van der Waals surface area contributed by atoms with Crippen molar-refractivity contribution in [2.24, 2.45) is 0 Å². The minimum absolute atomic E-state index is 0.206. The lowest BCUT2D eigenvalue weighted by Crippen LogP contribution is -2.41. The number of ether oxygens (including phenoxy) is 1. The Balaban J connectivity index is 1.69. The summed E-state index contributed by atoms with van der Waals surface area (Å²) in [7, 11) is 0. The van der Waals surface area contributed by atoms with Crippen molar-refractivity contribution in [2.75, 3.05) is 13.1 Å². The van der Waals surface area contributed by atoms with Gasteiger partial charge < -0.3 is 14.6 Å². The summed E-state index contributed by atoms with van der Waals surface area (Å²) < 4.78 is 5.47.